The van der Waals surface area contributed by atoms with Crippen LogP contribution in [0.15, 0.2) is 24.3 Å². The lowest BCUT2D eigenvalue weighted by Gasteiger charge is -2.32. The van der Waals surface area contributed by atoms with Crippen LogP contribution in [0.3, 0.4) is 0 Å². The number of amides is 1. The number of nitrogens with two attached hydrogens (primary N) is 2. The Labute approximate surface area is 103 Å². The van der Waals surface area contributed by atoms with Crippen molar-refractivity contribution in [1.82, 2.24) is 4.90 Å². The molecule has 94 valence electrons. The maximum atomic E-state index is 11.1. The van der Waals surface area contributed by atoms with E-state index in [0.717, 1.165) is 11.3 Å². The first-order chi connectivity index (χ1) is 7.91. The molecule has 1 aromatic rings. The van der Waals surface area contributed by atoms with Crippen LogP contribution in [0.5, 0.6) is 0 Å². The normalized spacial score (nSPS) is 13.0. The summed E-state index contributed by atoms with van der Waals surface area (Å²) in [5.74, 6) is -0.311. The minimum atomic E-state index is -0.311. The molecule has 0 radical (unpaired) electrons. The summed E-state index contributed by atoms with van der Waals surface area (Å²) in [5, 5.41) is 0. The van der Waals surface area contributed by atoms with E-state index in [4.69, 9.17) is 11.5 Å². The molecule has 4 N–H and O–H groups in total. The van der Waals surface area contributed by atoms with Crippen molar-refractivity contribution in [2.45, 2.75) is 32.9 Å². The predicted molar refractivity (Wildman–Crippen MR) is 70.3 cm³/mol. The molecule has 17 heavy (non-hydrogen) atoms. The van der Waals surface area contributed by atoms with Crippen molar-refractivity contribution >= 4 is 11.6 Å². The van der Waals surface area contributed by atoms with Gasteiger partial charge in [0.05, 0.1) is 6.54 Å². The Balaban J connectivity index is 2.91. The molecular weight excluding hydrogens is 214 g/mol. The van der Waals surface area contributed by atoms with E-state index in [1.54, 1.807) is 0 Å². The van der Waals surface area contributed by atoms with E-state index in [1.165, 1.54) is 0 Å². The molecule has 0 aliphatic rings. The molecule has 0 aromatic heterocycles. The topological polar surface area (TPSA) is 72.3 Å². The molecule has 1 aromatic carbocycles. The Kier molecular flexibility index (Phi) is 4.52. The van der Waals surface area contributed by atoms with Crippen LogP contribution in [0.25, 0.3) is 0 Å². The molecule has 4 nitrogen and oxygen atoms in total. The van der Waals surface area contributed by atoms with Crippen molar-refractivity contribution in [2.24, 2.45) is 5.73 Å². The zero-order chi connectivity index (χ0) is 13.0. The van der Waals surface area contributed by atoms with Gasteiger partial charge < -0.3 is 11.5 Å². The Hall–Kier alpha value is -1.55. The molecule has 0 heterocycles. The van der Waals surface area contributed by atoms with Crippen LogP contribution in [-0.2, 0) is 4.79 Å². The molecule has 1 amide bonds. The number of carbonyl (C=O) groups is 1. The maximum absolute atomic E-state index is 11.1. The van der Waals surface area contributed by atoms with Gasteiger partial charge in [0.15, 0.2) is 0 Å². The Morgan fingerprint density at radius 1 is 1.35 bits per heavy atom. The van der Waals surface area contributed by atoms with E-state index in [9.17, 15) is 4.79 Å². The number of hydrogen-bond acceptors (Lipinski definition) is 3. The summed E-state index contributed by atoms with van der Waals surface area (Å²) in [7, 11) is 0. The summed E-state index contributed by atoms with van der Waals surface area (Å²) in [6.45, 7) is 6.41. The van der Waals surface area contributed by atoms with Gasteiger partial charge in [-0.05, 0) is 38.5 Å². The minimum absolute atomic E-state index is 0.117. The molecule has 1 atom stereocenters. The quantitative estimate of drug-likeness (QED) is 0.760. The number of nitrogen functional groups attached to an aromatic ring is 1. The van der Waals surface area contributed by atoms with Gasteiger partial charge in [0, 0.05) is 17.8 Å². The maximum Gasteiger partial charge on any atom is 0.231 e. The summed E-state index contributed by atoms with van der Waals surface area (Å²) in [6.07, 6.45) is 0. The van der Waals surface area contributed by atoms with Gasteiger partial charge >= 0.3 is 0 Å². The average molecular weight is 235 g/mol. The Bertz CT molecular complexity index is 390. The summed E-state index contributed by atoms with van der Waals surface area (Å²) < 4.78 is 0. The largest absolute Gasteiger partial charge is 0.399 e. The molecule has 1 rings (SSSR count). The number of anilines is 1. The van der Waals surface area contributed by atoms with Crippen molar-refractivity contribution in [3.05, 3.63) is 29.8 Å². The van der Waals surface area contributed by atoms with Gasteiger partial charge in [-0.1, -0.05) is 12.1 Å². The van der Waals surface area contributed by atoms with Crippen molar-refractivity contribution < 1.29 is 4.79 Å². The van der Waals surface area contributed by atoms with E-state index in [-0.39, 0.29) is 24.5 Å². The number of benzene rings is 1. The van der Waals surface area contributed by atoms with Crippen LogP contribution in [0.2, 0.25) is 0 Å². The number of hydrogen-bond donors (Lipinski definition) is 2. The van der Waals surface area contributed by atoms with Gasteiger partial charge in [0.25, 0.3) is 0 Å². The second kappa shape index (κ2) is 5.68. The highest BCUT2D eigenvalue weighted by Gasteiger charge is 2.20. The molecular formula is C13H21N3O. The van der Waals surface area contributed by atoms with E-state index in [0.29, 0.717) is 0 Å². The highest BCUT2D eigenvalue weighted by atomic mass is 16.1. The zero-order valence-corrected chi connectivity index (χ0v) is 10.7. The molecule has 0 fully saturated rings. The van der Waals surface area contributed by atoms with Gasteiger partial charge in [-0.25, -0.2) is 0 Å². The fourth-order valence-electron chi connectivity index (χ4n) is 1.96. The van der Waals surface area contributed by atoms with Crippen molar-refractivity contribution in [3.63, 3.8) is 0 Å². The molecule has 0 saturated carbocycles. The molecule has 0 saturated heterocycles. The van der Waals surface area contributed by atoms with Crippen LogP contribution in [-0.4, -0.2) is 23.4 Å². The molecule has 0 spiro atoms. The Morgan fingerprint density at radius 3 is 2.47 bits per heavy atom. The van der Waals surface area contributed by atoms with Gasteiger partial charge in [0.2, 0.25) is 5.91 Å². The smallest absolute Gasteiger partial charge is 0.231 e. The van der Waals surface area contributed by atoms with Gasteiger partial charge in [-0.15, -0.1) is 0 Å². The van der Waals surface area contributed by atoms with Crippen LogP contribution in [0, 0.1) is 0 Å². The lowest BCUT2D eigenvalue weighted by Crippen LogP contribution is -2.40. The third-order valence-electron chi connectivity index (χ3n) is 2.89. The predicted octanol–water partition coefficient (Wildman–Crippen LogP) is 1.53. The lowest BCUT2D eigenvalue weighted by atomic mass is 10.0. The van der Waals surface area contributed by atoms with Crippen LogP contribution >= 0.6 is 0 Å². The third-order valence-corrected chi connectivity index (χ3v) is 2.89. The first kappa shape index (κ1) is 13.5. The van der Waals surface area contributed by atoms with E-state index < -0.39 is 0 Å². The molecule has 0 aliphatic carbocycles. The fourth-order valence-corrected chi connectivity index (χ4v) is 1.96. The van der Waals surface area contributed by atoms with Crippen molar-refractivity contribution in [1.29, 1.82) is 0 Å². The summed E-state index contributed by atoms with van der Waals surface area (Å²) in [4.78, 5) is 13.1. The third kappa shape index (κ3) is 3.75. The van der Waals surface area contributed by atoms with Gasteiger partial charge in [-0.3, -0.25) is 9.69 Å². The van der Waals surface area contributed by atoms with Crippen LogP contribution in [0.4, 0.5) is 5.69 Å². The monoisotopic (exact) mass is 235 g/mol. The number of nitrogens with zero attached hydrogens (tertiary/aromatic N) is 1. The molecule has 1 unspecified atom stereocenters. The van der Waals surface area contributed by atoms with E-state index in [2.05, 4.69) is 11.8 Å². The minimum Gasteiger partial charge on any atom is -0.399 e. The lowest BCUT2D eigenvalue weighted by molar-refractivity contribution is -0.120. The first-order valence-corrected chi connectivity index (χ1v) is 5.81. The highest BCUT2D eigenvalue weighted by molar-refractivity contribution is 5.76. The number of primary amides is 1. The second-order valence-electron chi connectivity index (χ2n) is 4.58. The van der Waals surface area contributed by atoms with E-state index in [1.807, 2.05) is 38.1 Å². The SMILES string of the molecule is CC(C)N(CC(N)=O)C(C)c1cccc(N)c1. The van der Waals surface area contributed by atoms with Gasteiger partial charge in [-0.2, -0.15) is 0 Å². The molecule has 0 bridgehead atoms. The molecule has 0 aliphatic heterocycles. The zero-order valence-electron chi connectivity index (χ0n) is 10.7. The highest BCUT2D eigenvalue weighted by Crippen LogP contribution is 2.23. The van der Waals surface area contributed by atoms with Crippen molar-refractivity contribution in [3.8, 4) is 0 Å². The number of carbonyl (C=O) groups excluding carboxylic acids is 1. The average Bonchev–Trinajstić information content (AvgIpc) is 2.24. The fraction of sp³-hybridized carbons (Fsp3) is 0.462. The van der Waals surface area contributed by atoms with Crippen LogP contribution < -0.4 is 11.5 Å². The summed E-state index contributed by atoms with van der Waals surface area (Å²) >= 11 is 0. The second-order valence-corrected chi connectivity index (χ2v) is 4.58. The summed E-state index contributed by atoms with van der Waals surface area (Å²) in [5.41, 5.74) is 12.9. The standard InChI is InChI=1S/C13H21N3O/c1-9(2)16(8-13(15)17)10(3)11-5-4-6-12(14)7-11/h4-7,9-10H,8,14H2,1-3H3,(H2,15,17). The van der Waals surface area contributed by atoms with Gasteiger partial charge in [0.1, 0.15) is 0 Å². The van der Waals surface area contributed by atoms with Crippen molar-refractivity contribution in [2.75, 3.05) is 12.3 Å². The first-order valence-electron chi connectivity index (χ1n) is 5.81. The van der Waals surface area contributed by atoms with E-state index >= 15 is 0 Å². The van der Waals surface area contributed by atoms with Crippen LogP contribution in [0.1, 0.15) is 32.4 Å². The Morgan fingerprint density at radius 2 is 2.00 bits per heavy atom. The molecule has 4 heteroatoms. The summed E-state index contributed by atoms with van der Waals surface area (Å²) in [6, 6.07) is 8.08. The number of rotatable bonds is 5.